The predicted octanol–water partition coefficient (Wildman–Crippen LogP) is 4.23. The molecule has 3 rings (SSSR count). The average molecular weight is 335 g/mol. The van der Waals surface area contributed by atoms with Crippen LogP contribution in [0.4, 0.5) is 0 Å². The summed E-state index contributed by atoms with van der Waals surface area (Å²) in [6, 6.07) is 13.9. The number of carbonyl (C=O) groups excluding carboxylic acids is 1. The number of thioether (sulfide) groups is 1. The SMILES string of the molecule is CC(=O)SCC=Cc1cn(-c2ccccc2)nc1-c1ccncc1. The number of benzene rings is 1. The number of nitrogens with zero attached hydrogens (tertiary/aromatic N) is 3. The molecule has 0 aliphatic heterocycles. The van der Waals surface area contributed by atoms with Crippen LogP contribution in [-0.2, 0) is 4.79 Å². The first-order valence-electron chi connectivity index (χ1n) is 7.59. The molecular weight excluding hydrogens is 318 g/mol. The molecule has 0 saturated carbocycles. The Balaban J connectivity index is 1.96. The van der Waals surface area contributed by atoms with Gasteiger partial charge in [-0.3, -0.25) is 9.78 Å². The summed E-state index contributed by atoms with van der Waals surface area (Å²) in [4.78, 5) is 15.1. The molecule has 2 aromatic heterocycles. The Morgan fingerprint density at radius 3 is 2.62 bits per heavy atom. The maximum atomic E-state index is 11.0. The summed E-state index contributed by atoms with van der Waals surface area (Å²) in [5.41, 5.74) is 3.92. The van der Waals surface area contributed by atoms with E-state index in [4.69, 9.17) is 5.10 Å². The van der Waals surface area contributed by atoms with E-state index < -0.39 is 0 Å². The number of pyridine rings is 1. The fraction of sp³-hybridized carbons (Fsp3) is 0.105. The van der Waals surface area contributed by atoms with Crippen LogP contribution in [-0.4, -0.2) is 25.6 Å². The molecule has 0 atom stereocenters. The lowest BCUT2D eigenvalue weighted by Crippen LogP contribution is -1.93. The first kappa shape index (κ1) is 16.2. The number of carbonyl (C=O) groups is 1. The molecule has 0 aliphatic rings. The minimum absolute atomic E-state index is 0.119. The van der Waals surface area contributed by atoms with Gasteiger partial charge in [-0.15, -0.1) is 0 Å². The summed E-state index contributed by atoms with van der Waals surface area (Å²) in [5.74, 6) is 0.654. The maximum absolute atomic E-state index is 11.0. The standard InChI is InChI=1S/C19H17N3OS/c1-15(23)24-13-5-6-17-14-22(18-7-3-2-4-8-18)21-19(17)16-9-11-20-12-10-16/h2-12,14H,13H2,1H3. The highest BCUT2D eigenvalue weighted by molar-refractivity contribution is 8.13. The van der Waals surface area contributed by atoms with Gasteiger partial charge in [0.1, 0.15) is 5.69 Å². The highest BCUT2D eigenvalue weighted by atomic mass is 32.2. The molecule has 24 heavy (non-hydrogen) atoms. The molecule has 2 heterocycles. The second kappa shape index (κ2) is 7.75. The molecule has 4 nitrogen and oxygen atoms in total. The Labute approximate surface area is 145 Å². The Hall–Kier alpha value is -2.66. The first-order chi connectivity index (χ1) is 11.7. The minimum Gasteiger partial charge on any atom is -0.288 e. The van der Waals surface area contributed by atoms with E-state index in [1.165, 1.54) is 11.8 Å². The molecule has 0 radical (unpaired) electrons. The summed E-state index contributed by atoms with van der Waals surface area (Å²) >= 11 is 1.29. The summed E-state index contributed by atoms with van der Waals surface area (Å²) in [7, 11) is 0. The highest BCUT2D eigenvalue weighted by Gasteiger charge is 2.10. The summed E-state index contributed by atoms with van der Waals surface area (Å²) < 4.78 is 1.87. The molecule has 0 spiro atoms. The quantitative estimate of drug-likeness (QED) is 0.700. The van der Waals surface area contributed by atoms with Crippen LogP contribution in [0.25, 0.3) is 23.0 Å². The molecule has 1 aromatic carbocycles. The van der Waals surface area contributed by atoms with Gasteiger partial charge in [0.25, 0.3) is 0 Å². The third kappa shape index (κ3) is 4.00. The molecule has 0 unspecified atom stereocenters. The van der Waals surface area contributed by atoms with Crippen LogP contribution >= 0.6 is 11.8 Å². The monoisotopic (exact) mass is 335 g/mol. The zero-order chi connectivity index (χ0) is 16.8. The second-order valence-corrected chi connectivity index (χ2v) is 6.35. The van der Waals surface area contributed by atoms with Gasteiger partial charge in [0.15, 0.2) is 5.12 Å². The van der Waals surface area contributed by atoms with Crippen molar-refractivity contribution in [2.24, 2.45) is 0 Å². The normalized spacial score (nSPS) is 11.0. The Kier molecular flexibility index (Phi) is 5.23. The van der Waals surface area contributed by atoms with E-state index in [1.807, 2.05) is 65.5 Å². The van der Waals surface area contributed by atoms with Gasteiger partial charge in [0.2, 0.25) is 0 Å². The molecule has 120 valence electrons. The lowest BCUT2D eigenvalue weighted by Gasteiger charge is -2.00. The first-order valence-corrected chi connectivity index (χ1v) is 8.58. The van der Waals surface area contributed by atoms with Gasteiger partial charge in [-0.25, -0.2) is 4.68 Å². The van der Waals surface area contributed by atoms with Crippen molar-refractivity contribution in [3.8, 4) is 16.9 Å². The Morgan fingerprint density at radius 2 is 1.92 bits per heavy atom. The zero-order valence-electron chi connectivity index (χ0n) is 13.3. The fourth-order valence-corrected chi connectivity index (χ4v) is 2.72. The Bertz CT molecular complexity index is 842. The second-order valence-electron chi connectivity index (χ2n) is 5.15. The van der Waals surface area contributed by atoms with Gasteiger partial charge in [0, 0.05) is 42.4 Å². The maximum Gasteiger partial charge on any atom is 0.186 e. The van der Waals surface area contributed by atoms with Crippen molar-refractivity contribution in [3.05, 3.63) is 72.7 Å². The van der Waals surface area contributed by atoms with Gasteiger partial charge in [-0.2, -0.15) is 5.10 Å². The van der Waals surface area contributed by atoms with E-state index >= 15 is 0 Å². The van der Waals surface area contributed by atoms with E-state index in [9.17, 15) is 4.79 Å². The van der Waals surface area contributed by atoms with Crippen LogP contribution in [0.5, 0.6) is 0 Å². The number of hydrogen-bond acceptors (Lipinski definition) is 4. The van der Waals surface area contributed by atoms with Crippen molar-refractivity contribution in [3.63, 3.8) is 0 Å². The van der Waals surface area contributed by atoms with Gasteiger partial charge < -0.3 is 0 Å². The van der Waals surface area contributed by atoms with Gasteiger partial charge >= 0.3 is 0 Å². The van der Waals surface area contributed by atoms with Crippen molar-refractivity contribution >= 4 is 23.0 Å². The number of rotatable bonds is 5. The summed E-state index contributed by atoms with van der Waals surface area (Å²) in [5, 5.41) is 4.85. The third-order valence-electron chi connectivity index (χ3n) is 3.40. The molecule has 0 aliphatic carbocycles. The van der Waals surface area contributed by atoms with Crippen LogP contribution in [0.3, 0.4) is 0 Å². The predicted molar refractivity (Wildman–Crippen MR) is 99.0 cm³/mol. The molecule has 0 saturated heterocycles. The van der Waals surface area contributed by atoms with Gasteiger partial charge in [-0.05, 0) is 24.3 Å². The van der Waals surface area contributed by atoms with E-state index in [1.54, 1.807) is 19.3 Å². The largest absolute Gasteiger partial charge is 0.288 e. The van der Waals surface area contributed by atoms with E-state index in [-0.39, 0.29) is 5.12 Å². The van der Waals surface area contributed by atoms with Crippen LogP contribution in [0, 0.1) is 0 Å². The number of aromatic nitrogens is 3. The van der Waals surface area contributed by atoms with Crippen LogP contribution in [0.2, 0.25) is 0 Å². The van der Waals surface area contributed by atoms with Crippen LogP contribution in [0.1, 0.15) is 12.5 Å². The molecule has 5 heteroatoms. The van der Waals surface area contributed by atoms with E-state index in [2.05, 4.69) is 4.98 Å². The van der Waals surface area contributed by atoms with Gasteiger partial charge in [0.05, 0.1) is 5.69 Å². The Morgan fingerprint density at radius 1 is 1.17 bits per heavy atom. The number of hydrogen-bond donors (Lipinski definition) is 0. The lowest BCUT2D eigenvalue weighted by molar-refractivity contribution is -0.109. The van der Waals surface area contributed by atoms with Crippen molar-refractivity contribution in [2.75, 3.05) is 5.75 Å². The molecule has 3 aromatic rings. The molecule has 0 bridgehead atoms. The molecule has 0 fully saturated rings. The molecule has 0 N–H and O–H groups in total. The topological polar surface area (TPSA) is 47.8 Å². The summed E-state index contributed by atoms with van der Waals surface area (Å²) in [6.45, 7) is 1.58. The van der Waals surface area contributed by atoms with Gasteiger partial charge in [-0.1, -0.05) is 42.1 Å². The summed E-state index contributed by atoms with van der Waals surface area (Å²) in [6.07, 6.45) is 9.52. The lowest BCUT2D eigenvalue weighted by atomic mass is 10.1. The highest BCUT2D eigenvalue weighted by Crippen LogP contribution is 2.24. The molecule has 0 amide bonds. The minimum atomic E-state index is 0.119. The van der Waals surface area contributed by atoms with Crippen molar-refractivity contribution in [1.29, 1.82) is 0 Å². The van der Waals surface area contributed by atoms with Crippen molar-refractivity contribution in [2.45, 2.75) is 6.92 Å². The zero-order valence-corrected chi connectivity index (χ0v) is 14.1. The van der Waals surface area contributed by atoms with Crippen molar-refractivity contribution < 1.29 is 4.79 Å². The van der Waals surface area contributed by atoms with Crippen LogP contribution in [0.15, 0.2) is 67.1 Å². The molecular formula is C19H17N3OS. The average Bonchev–Trinajstić information content (AvgIpc) is 3.04. The number of para-hydroxylation sites is 1. The smallest absolute Gasteiger partial charge is 0.186 e. The van der Waals surface area contributed by atoms with E-state index in [0.29, 0.717) is 5.75 Å². The van der Waals surface area contributed by atoms with Crippen molar-refractivity contribution in [1.82, 2.24) is 14.8 Å². The third-order valence-corrected chi connectivity index (χ3v) is 4.16. The van der Waals surface area contributed by atoms with Crippen LogP contribution < -0.4 is 0 Å². The fourth-order valence-electron chi connectivity index (χ4n) is 2.30. The van der Waals surface area contributed by atoms with E-state index in [0.717, 1.165) is 22.5 Å².